The summed E-state index contributed by atoms with van der Waals surface area (Å²) < 4.78 is 0. The zero-order valence-corrected chi connectivity index (χ0v) is 13.4. The lowest BCUT2D eigenvalue weighted by Gasteiger charge is -2.37. The van der Waals surface area contributed by atoms with Gasteiger partial charge in [-0.2, -0.15) is 0 Å². The molecule has 1 aromatic rings. The normalized spacial score (nSPS) is 14.7. The maximum Gasteiger partial charge on any atom is 0.0359 e. The van der Waals surface area contributed by atoms with Crippen LogP contribution in [0.15, 0.2) is 30.3 Å². The Labute approximate surface area is 119 Å². The first-order valence-corrected chi connectivity index (χ1v) is 7.11. The largest absolute Gasteiger partial charge is 0.323 e. The Morgan fingerprint density at radius 3 is 2.00 bits per heavy atom. The molecule has 1 rings (SSSR count). The number of benzene rings is 1. The molecule has 0 amide bonds. The lowest BCUT2D eigenvalue weighted by molar-refractivity contribution is 0.141. The summed E-state index contributed by atoms with van der Waals surface area (Å²) in [4.78, 5) is 2.39. The summed E-state index contributed by atoms with van der Waals surface area (Å²) in [5.74, 6) is 0. The van der Waals surface area contributed by atoms with Gasteiger partial charge in [0.25, 0.3) is 0 Å². The van der Waals surface area contributed by atoms with Gasteiger partial charge in [-0.1, -0.05) is 65.0 Å². The molecule has 0 spiro atoms. The third-order valence-corrected chi connectivity index (χ3v) is 3.42. The molecule has 0 aliphatic heterocycles. The number of hydrogen-bond acceptors (Lipinski definition) is 2. The van der Waals surface area contributed by atoms with E-state index in [1.807, 2.05) is 6.07 Å². The van der Waals surface area contributed by atoms with E-state index < -0.39 is 0 Å². The number of hydrogen-bond donors (Lipinski definition) is 1. The summed E-state index contributed by atoms with van der Waals surface area (Å²) >= 11 is 0. The van der Waals surface area contributed by atoms with Crippen LogP contribution in [0.5, 0.6) is 0 Å². The van der Waals surface area contributed by atoms with Crippen molar-refractivity contribution in [2.45, 2.75) is 40.7 Å². The van der Waals surface area contributed by atoms with Gasteiger partial charge in [0.1, 0.15) is 0 Å². The van der Waals surface area contributed by atoms with E-state index in [9.17, 15) is 0 Å². The Morgan fingerprint density at radius 1 is 1.00 bits per heavy atom. The monoisotopic (exact) mass is 262 g/mol. The van der Waals surface area contributed by atoms with Crippen molar-refractivity contribution < 1.29 is 0 Å². The van der Waals surface area contributed by atoms with Crippen molar-refractivity contribution in [1.29, 1.82) is 0 Å². The molecule has 0 aliphatic rings. The topological polar surface area (TPSA) is 29.3 Å². The first-order chi connectivity index (χ1) is 8.62. The van der Waals surface area contributed by atoms with Crippen LogP contribution in [0.3, 0.4) is 0 Å². The van der Waals surface area contributed by atoms with Crippen LogP contribution in [-0.4, -0.2) is 25.0 Å². The summed E-state index contributed by atoms with van der Waals surface area (Å²) in [6.07, 6.45) is 0. The summed E-state index contributed by atoms with van der Waals surface area (Å²) in [6, 6.07) is 10.5. The SMILES string of the molecule is CN(CC(C)(C)C)CC(C)(C)C(N)c1ccccc1. The first kappa shape index (κ1) is 16.2. The lowest BCUT2D eigenvalue weighted by Crippen LogP contribution is -2.42. The zero-order valence-electron chi connectivity index (χ0n) is 13.4. The van der Waals surface area contributed by atoms with E-state index in [-0.39, 0.29) is 11.5 Å². The fourth-order valence-corrected chi connectivity index (χ4v) is 2.77. The van der Waals surface area contributed by atoms with Crippen molar-refractivity contribution in [2.24, 2.45) is 16.6 Å². The maximum atomic E-state index is 6.46. The van der Waals surface area contributed by atoms with Crippen LogP contribution in [0.25, 0.3) is 0 Å². The lowest BCUT2D eigenvalue weighted by atomic mass is 9.80. The summed E-state index contributed by atoms with van der Waals surface area (Å²) in [7, 11) is 2.19. The Hall–Kier alpha value is -0.860. The molecule has 0 saturated heterocycles. The second-order valence-electron chi connectivity index (χ2n) is 7.61. The van der Waals surface area contributed by atoms with Gasteiger partial charge in [-0.15, -0.1) is 0 Å². The van der Waals surface area contributed by atoms with E-state index in [0.717, 1.165) is 13.1 Å². The third-order valence-electron chi connectivity index (χ3n) is 3.42. The second kappa shape index (κ2) is 6.06. The Morgan fingerprint density at radius 2 is 1.53 bits per heavy atom. The van der Waals surface area contributed by atoms with Crippen LogP contribution >= 0.6 is 0 Å². The van der Waals surface area contributed by atoms with Crippen molar-refractivity contribution in [3.8, 4) is 0 Å². The molecule has 19 heavy (non-hydrogen) atoms. The molecular formula is C17H30N2. The second-order valence-corrected chi connectivity index (χ2v) is 7.61. The van der Waals surface area contributed by atoms with Gasteiger partial charge >= 0.3 is 0 Å². The smallest absolute Gasteiger partial charge is 0.0359 e. The van der Waals surface area contributed by atoms with Crippen molar-refractivity contribution in [3.63, 3.8) is 0 Å². The Balaban J connectivity index is 2.70. The summed E-state index contributed by atoms with van der Waals surface area (Å²) in [6.45, 7) is 13.4. The van der Waals surface area contributed by atoms with Crippen LogP contribution in [-0.2, 0) is 0 Å². The molecule has 0 aliphatic carbocycles. The van der Waals surface area contributed by atoms with Crippen LogP contribution in [0.1, 0.15) is 46.2 Å². The van der Waals surface area contributed by atoms with E-state index in [4.69, 9.17) is 5.73 Å². The number of nitrogens with two attached hydrogens (primary N) is 1. The van der Waals surface area contributed by atoms with Crippen molar-refractivity contribution in [2.75, 3.05) is 20.1 Å². The van der Waals surface area contributed by atoms with Crippen molar-refractivity contribution in [1.82, 2.24) is 4.90 Å². The standard InChI is InChI=1S/C17H30N2/c1-16(2,3)12-19(6)13-17(4,5)15(18)14-10-8-7-9-11-14/h7-11,15H,12-13,18H2,1-6H3. The molecular weight excluding hydrogens is 232 g/mol. The molecule has 0 aromatic heterocycles. The molecule has 2 N–H and O–H groups in total. The molecule has 0 saturated carbocycles. The Kier molecular flexibility index (Phi) is 5.17. The van der Waals surface area contributed by atoms with Gasteiger partial charge in [0.2, 0.25) is 0 Å². The van der Waals surface area contributed by atoms with E-state index in [1.165, 1.54) is 5.56 Å². The highest BCUT2D eigenvalue weighted by Crippen LogP contribution is 2.32. The average Bonchev–Trinajstić information content (AvgIpc) is 2.25. The minimum atomic E-state index is 0.0569. The van der Waals surface area contributed by atoms with Gasteiger partial charge in [0, 0.05) is 19.1 Å². The molecule has 108 valence electrons. The van der Waals surface area contributed by atoms with Crippen LogP contribution in [0.4, 0.5) is 0 Å². The van der Waals surface area contributed by atoms with E-state index in [0.29, 0.717) is 5.41 Å². The molecule has 1 atom stereocenters. The minimum Gasteiger partial charge on any atom is -0.323 e. The maximum absolute atomic E-state index is 6.46. The van der Waals surface area contributed by atoms with Crippen LogP contribution < -0.4 is 5.73 Å². The van der Waals surface area contributed by atoms with Gasteiger partial charge < -0.3 is 10.6 Å². The zero-order chi connectivity index (χ0) is 14.7. The molecule has 2 heteroatoms. The Bertz CT molecular complexity index is 376. The quantitative estimate of drug-likeness (QED) is 0.877. The van der Waals surface area contributed by atoms with Crippen molar-refractivity contribution in [3.05, 3.63) is 35.9 Å². The molecule has 0 bridgehead atoms. The van der Waals surface area contributed by atoms with Gasteiger partial charge in [-0.25, -0.2) is 0 Å². The minimum absolute atomic E-state index is 0.0569. The molecule has 0 fully saturated rings. The molecule has 1 aromatic carbocycles. The van der Waals surface area contributed by atoms with E-state index in [2.05, 4.69) is 70.8 Å². The van der Waals surface area contributed by atoms with E-state index in [1.54, 1.807) is 0 Å². The highest BCUT2D eigenvalue weighted by Gasteiger charge is 2.30. The first-order valence-electron chi connectivity index (χ1n) is 7.11. The number of nitrogens with zero attached hydrogens (tertiary/aromatic N) is 1. The number of rotatable bonds is 5. The molecule has 0 heterocycles. The highest BCUT2D eigenvalue weighted by atomic mass is 15.1. The fraction of sp³-hybridized carbons (Fsp3) is 0.647. The molecule has 2 nitrogen and oxygen atoms in total. The van der Waals surface area contributed by atoms with E-state index >= 15 is 0 Å². The van der Waals surface area contributed by atoms with Gasteiger partial charge in [0.15, 0.2) is 0 Å². The van der Waals surface area contributed by atoms with Crippen LogP contribution in [0, 0.1) is 10.8 Å². The third kappa shape index (κ3) is 5.33. The predicted octanol–water partition coefficient (Wildman–Crippen LogP) is 3.69. The highest BCUT2D eigenvalue weighted by molar-refractivity contribution is 5.20. The average molecular weight is 262 g/mol. The van der Waals surface area contributed by atoms with Gasteiger partial charge in [0.05, 0.1) is 0 Å². The van der Waals surface area contributed by atoms with Gasteiger partial charge in [-0.05, 0) is 23.4 Å². The summed E-state index contributed by atoms with van der Waals surface area (Å²) in [5, 5.41) is 0. The predicted molar refractivity (Wildman–Crippen MR) is 84.1 cm³/mol. The summed E-state index contributed by atoms with van der Waals surface area (Å²) in [5.41, 5.74) is 8.06. The fourth-order valence-electron chi connectivity index (χ4n) is 2.77. The van der Waals surface area contributed by atoms with Crippen molar-refractivity contribution >= 4 is 0 Å². The van der Waals surface area contributed by atoms with Crippen LogP contribution in [0.2, 0.25) is 0 Å². The molecule has 1 unspecified atom stereocenters. The molecule has 0 radical (unpaired) electrons. The van der Waals surface area contributed by atoms with Gasteiger partial charge in [-0.3, -0.25) is 0 Å².